The third kappa shape index (κ3) is 3.44. The van der Waals surface area contributed by atoms with E-state index in [1.807, 2.05) is 0 Å². The number of nitrogens with one attached hydrogen (secondary N) is 1. The third-order valence-corrected chi connectivity index (χ3v) is 5.32. The number of amides is 1. The first kappa shape index (κ1) is 14.3. The highest BCUT2D eigenvalue weighted by Crippen LogP contribution is 2.19. The minimum absolute atomic E-state index is 0.0447. The highest BCUT2D eigenvalue weighted by atomic mass is 32.2. The highest BCUT2D eigenvalue weighted by molar-refractivity contribution is 7.91. The number of carboxylic acid groups (broad SMARTS) is 1. The Kier molecular flexibility index (Phi) is 4.10. The first-order chi connectivity index (χ1) is 8.89. The van der Waals surface area contributed by atoms with Gasteiger partial charge >= 0.3 is 5.97 Å². The van der Waals surface area contributed by atoms with Crippen LogP contribution in [-0.2, 0) is 19.4 Å². The van der Waals surface area contributed by atoms with E-state index in [0.29, 0.717) is 25.9 Å². The molecule has 1 amide bonds. The molecule has 0 aromatic rings. The molecule has 0 spiro atoms. The summed E-state index contributed by atoms with van der Waals surface area (Å²) in [6.07, 6.45) is 1.19. The van der Waals surface area contributed by atoms with Crippen LogP contribution in [0.1, 0.15) is 19.3 Å². The van der Waals surface area contributed by atoms with Crippen molar-refractivity contribution in [3.8, 4) is 0 Å². The number of hydrogen-bond donors (Lipinski definition) is 2. The van der Waals surface area contributed by atoms with E-state index >= 15 is 0 Å². The van der Waals surface area contributed by atoms with Crippen molar-refractivity contribution in [3.05, 3.63) is 0 Å². The van der Waals surface area contributed by atoms with Gasteiger partial charge in [-0.15, -0.1) is 0 Å². The summed E-state index contributed by atoms with van der Waals surface area (Å²) < 4.78 is 23.0. The summed E-state index contributed by atoms with van der Waals surface area (Å²) in [4.78, 5) is 24.4. The molecule has 1 unspecified atom stereocenters. The maximum absolute atomic E-state index is 12.1. The molecule has 2 aliphatic rings. The second-order valence-corrected chi connectivity index (χ2v) is 7.28. The molecule has 2 N–H and O–H groups in total. The quantitative estimate of drug-likeness (QED) is 0.679. The molecule has 2 atom stereocenters. The zero-order chi connectivity index (χ0) is 14.0. The second-order valence-electron chi connectivity index (χ2n) is 5.05. The molecule has 0 aromatic carbocycles. The lowest BCUT2D eigenvalue weighted by molar-refractivity contribution is -0.148. The number of carbonyl (C=O) groups excluding carboxylic acids is 1. The van der Waals surface area contributed by atoms with Crippen LogP contribution in [0.5, 0.6) is 0 Å². The SMILES string of the molecule is O=C(O)[C@@H]1CCCN1C(=O)CC1CS(=O)(=O)CCN1. The average molecular weight is 290 g/mol. The van der Waals surface area contributed by atoms with Gasteiger partial charge in [0.15, 0.2) is 9.84 Å². The Morgan fingerprint density at radius 1 is 1.37 bits per heavy atom. The first-order valence-electron chi connectivity index (χ1n) is 6.35. The summed E-state index contributed by atoms with van der Waals surface area (Å²) in [6, 6.07) is -1.16. The molecule has 2 heterocycles. The van der Waals surface area contributed by atoms with Crippen molar-refractivity contribution in [2.45, 2.75) is 31.3 Å². The third-order valence-electron chi connectivity index (χ3n) is 3.58. The smallest absolute Gasteiger partial charge is 0.326 e. The van der Waals surface area contributed by atoms with Gasteiger partial charge in [-0.25, -0.2) is 13.2 Å². The Hall–Kier alpha value is -1.15. The van der Waals surface area contributed by atoms with Crippen LogP contribution in [0.2, 0.25) is 0 Å². The zero-order valence-electron chi connectivity index (χ0n) is 10.5. The lowest BCUT2D eigenvalue weighted by Gasteiger charge is -2.27. The molecule has 0 aromatic heterocycles. The van der Waals surface area contributed by atoms with E-state index in [-0.39, 0.29) is 23.8 Å². The van der Waals surface area contributed by atoms with E-state index in [0.717, 1.165) is 0 Å². The van der Waals surface area contributed by atoms with E-state index in [2.05, 4.69) is 5.32 Å². The Morgan fingerprint density at radius 3 is 2.74 bits per heavy atom. The number of carboxylic acids is 1. The number of sulfone groups is 1. The molecule has 2 fully saturated rings. The maximum Gasteiger partial charge on any atom is 0.326 e. The number of likely N-dealkylation sites (tertiary alicyclic amines) is 1. The van der Waals surface area contributed by atoms with E-state index in [1.54, 1.807) is 0 Å². The van der Waals surface area contributed by atoms with Crippen molar-refractivity contribution in [1.82, 2.24) is 10.2 Å². The van der Waals surface area contributed by atoms with Crippen LogP contribution < -0.4 is 5.32 Å². The molecule has 8 heteroatoms. The number of rotatable bonds is 3. The topological polar surface area (TPSA) is 104 Å². The van der Waals surface area contributed by atoms with E-state index < -0.39 is 27.9 Å². The summed E-state index contributed by atoms with van der Waals surface area (Å²) in [6.45, 7) is 0.790. The second kappa shape index (κ2) is 5.46. The fraction of sp³-hybridized carbons (Fsp3) is 0.818. The Balaban J connectivity index is 1.95. The maximum atomic E-state index is 12.1. The Labute approximate surface area is 111 Å². The van der Waals surface area contributed by atoms with E-state index in [4.69, 9.17) is 5.11 Å². The Morgan fingerprint density at radius 2 is 2.11 bits per heavy atom. The first-order valence-corrected chi connectivity index (χ1v) is 8.17. The van der Waals surface area contributed by atoms with Gasteiger partial charge in [-0.2, -0.15) is 0 Å². The summed E-state index contributed by atoms with van der Waals surface area (Å²) >= 11 is 0. The van der Waals surface area contributed by atoms with Gasteiger partial charge in [-0.1, -0.05) is 0 Å². The van der Waals surface area contributed by atoms with E-state index in [9.17, 15) is 18.0 Å². The highest BCUT2D eigenvalue weighted by Gasteiger charge is 2.35. The molecule has 2 aliphatic heterocycles. The minimum Gasteiger partial charge on any atom is -0.480 e. The van der Waals surface area contributed by atoms with Gasteiger partial charge < -0.3 is 15.3 Å². The Bertz CT molecular complexity index is 475. The monoisotopic (exact) mass is 290 g/mol. The van der Waals surface area contributed by atoms with Crippen LogP contribution in [0, 0.1) is 0 Å². The molecule has 2 rings (SSSR count). The minimum atomic E-state index is -3.08. The van der Waals surface area contributed by atoms with Crippen LogP contribution in [0.25, 0.3) is 0 Å². The number of carbonyl (C=O) groups is 2. The van der Waals surface area contributed by atoms with Crippen LogP contribution >= 0.6 is 0 Å². The van der Waals surface area contributed by atoms with Gasteiger partial charge in [0.25, 0.3) is 0 Å². The molecular weight excluding hydrogens is 272 g/mol. The summed E-state index contributed by atoms with van der Waals surface area (Å²) in [7, 11) is -3.08. The molecular formula is C11H18N2O5S. The molecule has 2 saturated heterocycles. The molecule has 0 aliphatic carbocycles. The summed E-state index contributed by atoms with van der Waals surface area (Å²) in [5, 5.41) is 12.0. The predicted octanol–water partition coefficient (Wildman–Crippen LogP) is -1.16. The predicted molar refractivity (Wildman–Crippen MR) is 67.4 cm³/mol. The lowest BCUT2D eigenvalue weighted by Crippen LogP contribution is -2.49. The number of aliphatic carboxylic acids is 1. The van der Waals surface area contributed by atoms with Gasteiger partial charge in [-0.05, 0) is 12.8 Å². The van der Waals surface area contributed by atoms with Crippen molar-refractivity contribution in [1.29, 1.82) is 0 Å². The van der Waals surface area contributed by atoms with Crippen LogP contribution in [-0.4, -0.2) is 67.0 Å². The lowest BCUT2D eigenvalue weighted by atomic mass is 10.2. The largest absolute Gasteiger partial charge is 0.480 e. The molecule has 0 saturated carbocycles. The molecule has 19 heavy (non-hydrogen) atoms. The molecule has 0 radical (unpaired) electrons. The van der Waals surface area contributed by atoms with Crippen molar-refractivity contribution in [3.63, 3.8) is 0 Å². The average Bonchev–Trinajstić information content (AvgIpc) is 2.76. The standard InChI is InChI=1S/C11H18N2O5S/c14-10(13-4-1-2-9(13)11(15)16)6-8-7-19(17,18)5-3-12-8/h8-9,12H,1-7H2,(H,15,16)/t8?,9-/m0/s1. The fourth-order valence-electron chi connectivity index (χ4n) is 2.65. The van der Waals surface area contributed by atoms with Crippen molar-refractivity contribution in [2.75, 3.05) is 24.6 Å². The normalized spacial score (nSPS) is 30.2. The van der Waals surface area contributed by atoms with E-state index in [1.165, 1.54) is 4.90 Å². The van der Waals surface area contributed by atoms with Crippen molar-refractivity contribution >= 4 is 21.7 Å². The van der Waals surface area contributed by atoms with Gasteiger partial charge in [-0.3, -0.25) is 4.79 Å². The summed E-state index contributed by atoms with van der Waals surface area (Å²) in [5.74, 6) is -1.22. The van der Waals surface area contributed by atoms with Crippen LogP contribution in [0.15, 0.2) is 0 Å². The van der Waals surface area contributed by atoms with Gasteiger partial charge in [0.1, 0.15) is 6.04 Å². The van der Waals surface area contributed by atoms with Gasteiger partial charge in [0, 0.05) is 25.6 Å². The van der Waals surface area contributed by atoms with Crippen molar-refractivity contribution in [2.24, 2.45) is 0 Å². The molecule has 0 bridgehead atoms. The number of hydrogen-bond acceptors (Lipinski definition) is 5. The van der Waals surface area contributed by atoms with Crippen LogP contribution in [0.3, 0.4) is 0 Å². The zero-order valence-corrected chi connectivity index (χ0v) is 11.4. The van der Waals surface area contributed by atoms with Gasteiger partial charge in [0.05, 0.1) is 11.5 Å². The van der Waals surface area contributed by atoms with Gasteiger partial charge in [0.2, 0.25) is 5.91 Å². The summed E-state index contributed by atoms with van der Waals surface area (Å²) in [5.41, 5.74) is 0. The molecule has 7 nitrogen and oxygen atoms in total. The molecule has 108 valence electrons. The van der Waals surface area contributed by atoms with Crippen LogP contribution in [0.4, 0.5) is 0 Å². The number of nitrogens with zero attached hydrogens (tertiary/aromatic N) is 1. The fourth-order valence-corrected chi connectivity index (χ4v) is 4.09. The van der Waals surface area contributed by atoms with Crippen molar-refractivity contribution < 1.29 is 23.1 Å².